The van der Waals surface area contributed by atoms with Crippen LogP contribution in [-0.2, 0) is 6.54 Å². The Kier molecular flexibility index (Phi) is 3.19. The van der Waals surface area contributed by atoms with Crippen molar-refractivity contribution in [2.45, 2.75) is 6.54 Å². The zero-order valence-electron chi connectivity index (χ0n) is 10.5. The number of nitrogen functional groups attached to an aromatic ring is 1. The van der Waals surface area contributed by atoms with Crippen molar-refractivity contribution >= 4 is 11.9 Å². The van der Waals surface area contributed by atoms with Crippen LogP contribution in [0.5, 0.6) is 0 Å². The molecular formula is C12H12N8. The lowest BCUT2D eigenvalue weighted by Crippen LogP contribution is -2.11. The molecule has 0 saturated heterocycles. The summed E-state index contributed by atoms with van der Waals surface area (Å²) in [5.41, 5.74) is 6.70. The van der Waals surface area contributed by atoms with Gasteiger partial charge < -0.3 is 11.1 Å². The molecule has 0 fully saturated rings. The Morgan fingerprint density at radius 1 is 1.15 bits per heavy atom. The highest BCUT2D eigenvalue weighted by molar-refractivity contribution is 5.35. The average molecular weight is 268 g/mol. The van der Waals surface area contributed by atoms with Gasteiger partial charge in [0.05, 0.1) is 0 Å². The zero-order valence-corrected chi connectivity index (χ0v) is 10.5. The molecule has 3 aromatic rings. The predicted molar refractivity (Wildman–Crippen MR) is 72.9 cm³/mol. The highest BCUT2D eigenvalue weighted by atomic mass is 15.4. The van der Waals surface area contributed by atoms with Crippen LogP contribution in [0, 0.1) is 0 Å². The van der Waals surface area contributed by atoms with Gasteiger partial charge in [0, 0.05) is 31.3 Å². The van der Waals surface area contributed by atoms with Crippen molar-refractivity contribution in [3.8, 4) is 5.95 Å². The molecule has 0 spiro atoms. The van der Waals surface area contributed by atoms with Crippen LogP contribution in [0.1, 0.15) is 5.56 Å². The summed E-state index contributed by atoms with van der Waals surface area (Å²) in [6.45, 7) is 0.551. The van der Waals surface area contributed by atoms with Gasteiger partial charge in [-0.05, 0) is 17.7 Å². The van der Waals surface area contributed by atoms with Crippen molar-refractivity contribution in [3.05, 3.63) is 48.5 Å². The van der Waals surface area contributed by atoms with Crippen molar-refractivity contribution in [1.82, 2.24) is 29.7 Å². The Morgan fingerprint density at radius 3 is 2.85 bits per heavy atom. The van der Waals surface area contributed by atoms with Crippen molar-refractivity contribution in [2.24, 2.45) is 0 Å². The van der Waals surface area contributed by atoms with Gasteiger partial charge in [0.25, 0.3) is 5.95 Å². The van der Waals surface area contributed by atoms with Crippen LogP contribution in [-0.4, -0.2) is 29.7 Å². The molecule has 0 amide bonds. The Balaban J connectivity index is 1.80. The van der Waals surface area contributed by atoms with E-state index in [4.69, 9.17) is 5.73 Å². The molecule has 8 heteroatoms. The first-order valence-corrected chi connectivity index (χ1v) is 5.95. The van der Waals surface area contributed by atoms with Crippen molar-refractivity contribution in [1.29, 1.82) is 0 Å². The summed E-state index contributed by atoms with van der Waals surface area (Å²) in [6.07, 6.45) is 6.87. The van der Waals surface area contributed by atoms with Crippen molar-refractivity contribution in [2.75, 3.05) is 11.1 Å². The Morgan fingerprint density at radius 2 is 2.10 bits per heavy atom. The van der Waals surface area contributed by atoms with Gasteiger partial charge in [-0.25, -0.2) is 4.68 Å². The number of rotatable bonds is 4. The van der Waals surface area contributed by atoms with Crippen LogP contribution in [0.25, 0.3) is 5.95 Å². The SMILES string of the molecule is Nc1nc(NCc2cccnc2)nc(-n2cccn2)n1. The fourth-order valence-corrected chi connectivity index (χ4v) is 1.63. The fraction of sp³-hybridized carbons (Fsp3) is 0.0833. The van der Waals surface area contributed by atoms with Crippen LogP contribution < -0.4 is 11.1 Å². The van der Waals surface area contributed by atoms with Gasteiger partial charge in [0.15, 0.2) is 0 Å². The summed E-state index contributed by atoms with van der Waals surface area (Å²) < 4.78 is 1.52. The van der Waals surface area contributed by atoms with E-state index in [9.17, 15) is 0 Å². The van der Waals surface area contributed by atoms with E-state index >= 15 is 0 Å². The van der Waals surface area contributed by atoms with Gasteiger partial charge in [-0.15, -0.1) is 0 Å². The third kappa shape index (κ3) is 2.69. The van der Waals surface area contributed by atoms with Crippen molar-refractivity contribution < 1.29 is 0 Å². The second-order valence-electron chi connectivity index (χ2n) is 3.98. The van der Waals surface area contributed by atoms with E-state index in [1.807, 2.05) is 12.1 Å². The lowest BCUT2D eigenvalue weighted by molar-refractivity contribution is 0.798. The smallest absolute Gasteiger partial charge is 0.257 e. The van der Waals surface area contributed by atoms with Gasteiger partial charge in [-0.1, -0.05) is 6.07 Å². The molecule has 100 valence electrons. The number of aromatic nitrogens is 6. The Hall–Kier alpha value is -3.03. The average Bonchev–Trinajstić information content (AvgIpc) is 3.00. The molecular weight excluding hydrogens is 256 g/mol. The molecule has 20 heavy (non-hydrogen) atoms. The molecule has 0 unspecified atom stereocenters. The summed E-state index contributed by atoms with van der Waals surface area (Å²) in [6, 6.07) is 5.61. The second-order valence-corrected chi connectivity index (χ2v) is 3.98. The summed E-state index contributed by atoms with van der Waals surface area (Å²) in [5, 5.41) is 7.14. The first-order chi connectivity index (χ1) is 9.81. The van der Waals surface area contributed by atoms with Crippen LogP contribution in [0.15, 0.2) is 43.0 Å². The van der Waals surface area contributed by atoms with Crippen LogP contribution >= 0.6 is 0 Å². The molecule has 0 bridgehead atoms. The largest absolute Gasteiger partial charge is 0.368 e. The molecule has 0 aliphatic heterocycles. The molecule has 3 N–H and O–H groups in total. The maximum absolute atomic E-state index is 5.68. The minimum Gasteiger partial charge on any atom is -0.368 e. The molecule has 0 aliphatic carbocycles. The number of anilines is 2. The molecule has 0 radical (unpaired) electrons. The fourth-order valence-electron chi connectivity index (χ4n) is 1.63. The number of pyridine rings is 1. The van der Waals surface area contributed by atoms with Crippen LogP contribution in [0.4, 0.5) is 11.9 Å². The molecule has 0 saturated carbocycles. The first-order valence-electron chi connectivity index (χ1n) is 5.95. The van der Waals surface area contributed by atoms with E-state index in [1.54, 1.807) is 30.9 Å². The number of nitrogens with two attached hydrogens (primary N) is 1. The quantitative estimate of drug-likeness (QED) is 0.715. The van der Waals surface area contributed by atoms with E-state index in [1.165, 1.54) is 4.68 Å². The lowest BCUT2D eigenvalue weighted by atomic mass is 10.3. The molecule has 3 heterocycles. The van der Waals surface area contributed by atoms with E-state index in [2.05, 4.69) is 30.4 Å². The minimum absolute atomic E-state index is 0.138. The monoisotopic (exact) mass is 268 g/mol. The molecule has 0 aromatic carbocycles. The molecule has 3 aromatic heterocycles. The number of hydrogen-bond acceptors (Lipinski definition) is 7. The Bertz CT molecular complexity index is 680. The van der Waals surface area contributed by atoms with Gasteiger partial charge in [-0.2, -0.15) is 20.1 Å². The normalized spacial score (nSPS) is 10.4. The summed E-state index contributed by atoms with van der Waals surface area (Å²) >= 11 is 0. The van der Waals surface area contributed by atoms with Crippen molar-refractivity contribution in [3.63, 3.8) is 0 Å². The number of nitrogens with zero attached hydrogens (tertiary/aromatic N) is 6. The standard InChI is InChI=1S/C12H12N8/c13-10-17-11(15-8-9-3-1-4-14-7-9)19-12(18-10)20-6-2-5-16-20/h1-7H,8H2,(H3,13,15,17,18,19). The Labute approximate surface area is 114 Å². The lowest BCUT2D eigenvalue weighted by Gasteiger charge is -2.07. The zero-order chi connectivity index (χ0) is 13.8. The highest BCUT2D eigenvalue weighted by Crippen LogP contribution is 2.07. The molecule has 0 atom stereocenters. The van der Waals surface area contributed by atoms with Crippen LogP contribution in [0.2, 0.25) is 0 Å². The van der Waals surface area contributed by atoms with E-state index < -0.39 is 0 Å². The molecule has 3 rings (SSSR count). The van der Waals surface area contributed by atoms with E-state index in [0.29, 0.717) is 18.4 Å². The predicted octanol–water partition coefficient (Wildman–Crippen LogP) is 0.647. The molecule has 8 nitrogen and oxygen atoms in total. The van der Waals surface area contributed by atoms with Gasteiger partial charge >= 0.3 is 0 Å². The second kappa shape index (κ2) is 5.31. The molecule has 0 aliphatic rings. The van der Waals surface area contributed by atoms with Gasteiger partial charge in [-0.3, -0.25) is 4.98 Å². The van der Waals surface area contributed by atoms with E-state index in [0.717, 1.165) is 5.56 Å². The van der Waals surface area contributed by atoms with E-state index in [-0.39, 0.29) is 5.95 Å². The summed E-state index contributed by atoms with van der Waals surface area (Å²) in [7, 11) is 0. The van der Waals surface area contributed by atoms with Gasteiger partial charge in [0.1, 0.15) is 0 Å². The highest BCUT2D eigenvalue weighted by Gasteiger charge is 2.06. The maximum Gasteiger partial charge on any atom is 0.257 e. The third-order valence-electron chi connectivity index (χ3n) is 2.52. The van der Waals surface area contributed by atoms with Gasteiger partial charge in [0.2, 0.25) is 11.9 Å². The third-order valence-corrected chi connectivity index (χ3v) is 2.52. The minimum atomic E-state index is 0.138. The number of nitrogens with one attached hydrogen (secondary N) is 1. The summed E-state index contributed by atoms with van der Waals surface area (Å²) in [4.78, 5) is 16.4. The topological polar surface area (TPSA) is 107 Å². The maximum atomic E-state index is 5.68. The van der Waals surface area contributed by atoms with Crippen LogP contribution in [0.3, 0.4) is 0 Å². The first kappa shape index (κ1) is 12.0. The summed E-state index contributed by atoms with van der Waals surface area (Å²) in [5.74, 6) is 0.905. The number of hydrogen-bond donors (Lipinski definition) is 2.